The quantitative estimate of drug-likeness (QED) is 0.693. The molecule has 0 radical (unpaired) electrons. The number of aliphatic hydroxyl groups is 2. The van der Waals surface area contributed by atoms with Gasteiger partial charge >= 0.3 is 0 Å². The minimum absolute atomic E-state index is 0.551. The van der Waals surface area contributed by atoms with Gasteiger partial charge in [-0.3, -0.25) is 0 Å². The Labute approximate surface area is 199 Å². The van der Waals surface area contributed by atoms with Crippen LogP contribution in [0, 0.1) is 0 Å². The van der Waals surface area contributed by atoms with E-state index in [1.807, 2.05) is 48.6 Å². The van der Waals surface area contributed by atoms with Crippen molar-refractivity contribution in [1.82, 2.24) is 9.88 Å². The van der Waals surface area contributed by atoms with E-state index in [-0.39, 0.29) is 0 Å². The monoisotopic (exact) mass is 462 g/mol. The van der Waals surface area contributed by atoms with Gasteiger partial charge in [0.2, 0.25) is 5.88 Å². The lowest BCUT2D eigenvalue weighted by molar-refractivity contribution is -0.0254. The Kier molecular flexibility index (Phi) is 6.21. The zero-order valence-corrected chi connectivity index (χ0v) is 19.1. The second kappa shape index (κ2) is 9.27. The molecule has 2 aliphatic heterocycles. The number of ether oxygens (including phenoxy) is 1. The zero-order chi connectivity index (χ0) is 22.8. The number of aliphatic hydroxyl groups excluding tert-OH is 1. The SMILES string of the molecule is OC1C=CC=C2Oc3ncccc3C(=CCCN3CCC(O)(c4ccc(Cl)cc4)CC3)C=C21. The van der Waals surface area contributed by atoms with Gasteiger partial charge in [0, 0.05) is 42.0 Å². The molecule has 2 N–H and O–H groups in total. The third kappa shape index (κ3) is 4.68. The number of rotatable bonds is 4. The van der Waals surface area contributed by atoms with Crippen LogP contribution in [0.2, 0.25) is 5.02 Å². The first-order valence-electron chi connectivity index (χ1n) is 11.3. The highest BCUT2D eigenvalue weighted by Gasteiger charge is 2.33. The van der Waals surface area contributed by atoms with E-state index < -0.39 is 11.7 Å². The van der Waals surface area contributed by atoms with Gasteiger partial charge in [0.1, 0.15) is 11.9 Å². The number of nitrogens with zero attached hydrogens (tertiary/aromatic N) is 2. The van der Waals surface area contributed by atoms with Crippen molar-refractivity contribution < 1.29 is 14.9 Å². The average Bonchev–Trinajstić information content (AvgIpc) is 2.98. The molecular weight excluding hydrogens is 436 g/mol. The van der Waals surface area contributed by atoms with E-state index in [0.717, 1.165) is 48.3 Å². The maximum absolute atomic E-state index is 11.1. The zero-order valence-electron chi connectivity index (χ0n) is 18.3. The molecule has 33 heavy (non-hydrogen) atoms. The predicted octanol–water partition coefficient (Wildman–Crippen LogP) is 4.63. The Hall–Kier alpha value is -2.70. The second-order valence-corrected chi connectivity index (χ2v) is 9.18. The second-order valence-electron chi connectivity index (χ2n) is 8.75. The molecule has 0 amide bonds. The molecule has 0 saturated carbocycles. The highest BCUT2D eigenvalue weighted by atomic mass is 35.5. The molecule has 6 heteroatoms. The molecular formula is C27H27ClN2O3. The molecule has 1 aliphatic carbocycles. The van der Waals surface area contributed by atoms with Crippen LogP contribution in [-0.4, -0.2) is 45.8 Å². The Balaban J connectivity index is 1.28. The fourth-order valence-electron chi connectivity index (χ4n) is 4.65. The van der Waals surface area contributed by atoms with Crippen LogP contribution in [0.4, 0.5) is 0 Å². The van der Waals surface area contributed by atoms with Gasteiger partial charge in [-0.2, -0.15) is 0 Å². The number of hydrogen-bond acceptors (Lipinski definition) is 5. The Morgan fingerprint density at radius 2 is 1.97 bits per heavy atom. The molecule has 170 valence electrons. The largest absolute Gasteiger partial charge is 0.438 e. The van der Waals surface area contributed by atoms with Crippen LogP contribution in [0.5, 0.6) is 5.88 Å². The molecule has 0 bridgehead atoms. The number of halogens is 1. The molecule has 0 spiro atoms. The minimum atomic E-state index is -0.791. The maximum atomic E-state index is 11.1. The van der Waals surface area contributed by atoms with Crippen LogP contribution in [0.15, 0.2) is 84.3 Å². The summed E-state index contributed by atoms with van der Waals surface area (Å²) in [6.45, 7) is 2.56. The smallest absolute Gasteiger partial charge is 0.227 e. The van der Waals surface area contributed by atoms with Crippen molar-refractivity contribution in [3.05, 3.63) is 100 Å². The molecule has 5 rings (SSSR count). The number of piperidine rings is 1. The minimum Gasteiger partial charge on any atom is -0.438 e. The van der Waals surface area contributed by atoms with Crippen molar-refractivity contribution in [2.45, 2.75) is 31.0 Å². The summed E-state index contributed by atoms with van der Waals surface area (Å²) < 4.78 is 6.01. The van der Waals surface area contributed by atoms with Crippen molar-refractivity contribution in [3.8, 4) is 5.88 Å². The van der Waals surface area contributed by atoms with Gasteiger partial charge in [0.05, 0.1) is 5.60 Å². The molecule has 1 fully saturated rings. The highest BCUT2D eigenvalue weighted by molar-refractivity contribution is 6.30. The molecule has 3 aliphatic rings. The molecule has 1 unspecified atom stereocenters. The normalized spacial score (nSPS) is 23.1. The summed E-state index contributed by atoms with van der Waals surface area (Å²) >= 11 is 6.00. The molecule has 3 heterocycles. The first-order valence-corrected chi connectivity index (χ1v) is 11.7. The van der Waals surface area contributed by atoms with Crippen molar-refractivity contribution in [1.29, 1.82) is 0 Å². The molecule has 1 aromatic heterocycles. The fourth-order valence-corrected chi connectivity index (χ4v) is 4.78. The molecule has 2 aromatic rings. The van der Waals surface area contributed by atoms with E-state index in [4.69, 9.17) is 16.3 Å². The van der Waals surface area contributed by atoms with Gasteiger partial charge in [0.25, 0.3) is 0 Å². The summed E-state index contributed by atoms with van der Waals surface area (Å²) in [7, 11) is 0. The lowest BCUT2D eigenvalue weighted by Crippen LogP contribution is -2.42. The van der Waals surface area contributed by atoms with Gasteiger partial charge in [-0.1, -0.05) is 42.0 Å². The third-order valence-corrected chi connectivity index (χ3v) is 6.87. The Morgan fingerprint density at radius 1 is 1.18 bits per heavy atom. The van der Waals surface area contributed by atoms with Crippen molar-refractivity contribution in [2.24, 2.45) is 0 Å². The number of likely N-dealkylation sites (tertiary alicyclic amines) is 1. The van der Waals surface area contributed by atoms with E-state index in [1.54, 1.807) is 18.3 Å². The van der Waals surface area contributed by atoms with E-state index in [0.29, 0.717) is 29.5 Å². The molecule has 1 atom stereocenters. The number of pyridine rings is 1. The lowest BCUT2D eigenvalue weighted by atomic mass is 9.84. The highest BCUT2D eigenvalue weighted by Crippen LogP contribution is 2.36. The first kappa shape index (κ1) is 22.1. The van der Waals surface area contributed by atoms with Crippen molar-refractivity contribution in [3.63, 3.8) is 0 Å². The summed E-state index contributed by atoms with van der Waals surface area (Å²) in [5.41, 5.74) is 2.81. The molecule has 5 nitrogen and oxygen atoms in total. The summed E-state index contributed by atoms with van der Waals surface area (Å²) in [5, 5.41) is 22.2. The fraction of sp³-hybridized carbons (Fsp3) is 0.296. The number of hydrogen-bond donors (Lipinski definition) is 2. The van der Waals surface area contributed by atoms with Crippen LogP contribution >= 0.6 is 11.6 Å². The molecule has 1 saturated heterocycles. The number of aromatic nitrogens is 1. The predicted molar refractivity (Wildman–Crippen MR) is 130 cm³/mol. The lowest BCUT2D eigenvalue weighted by Gasteiger charge is -2.38. The summed E-state index contributed by atoms with van der Waals surface area (Å²) in [6.07, 6.45) is 12.8. The van der Waals surface area contributed by atoms with Crippen LogP contribution in [0.25, 0.3) is 5.57 Å². The van der Waals surface area contributed by atoms with Gasteiger partial charge in [-0.05, 0) is 66.8 Å². The van der Waals surface area contributed by atoms with E-state index in [1.165, 1.54) is 0 Å². The van der Waals surface area contributed by atoms with Crippen LogP contribution in [-0.2, 0) is 5.60 Å². The number of fused-ring (bicyclic) bond motifs is 2. The summed E-state index contributed by atoms with van der Waals surface area (Å²) in [6, 6.07) is 11.4. The van der Waals surface area contributed by atoms with Gasteiger partial charge < -0.3 is 19.8 Å². The van der Waals surface area contributed by atoms with Gasteiger partial charge in [-0.25, -0.2) is 4.98 Å². The van der Waals surface area contributed by atoms with Crippen LogP contribution in [0.1, 0.15) is 30.4 Å². The first-order chi connectivity index (χ1) is 16.0. The summed E-state index contributed by atoms with van der Waals surface area (Å²) in [5.74, 6) is 1.18. The van der Waals surface area contributed by atoms with Crippen molar-refractivity contribution in [2.75, 3.05) is 19.6 Å². The van der Waals surface area contributed by atoms with Crippen LogP contribution in [0.3, 0.4) is 0 Å². The topological polar surface area (TPSA) is 65.8 Å². The van der Waals surface area contributed by atoms with E-state index in [2.05, 4.69) is 16.0 Å². The van der Waals surface area contributed by atoms with Gasteiger partial charge in [0.15, 0.2) is 0 Å². The third-order valence-electron chi connectivity index (χ3n) is 6.62. The standard InChI is InChI=1S/C27H27ClN2O3/c28-21-10-8-20(9-11-21)27(32)12-16-30(17-13-27)15-3-4-19-18-23-24(31)6-1-7-25(23)33-26-22(19)5-2-14-29-26/h1-2,4-11,14,18,24,31-32H,3,12-13,15-17H2. The average molecular weight is 463 g/mol. The van der Waals surface area contributed by atoms with Crippen LogP contribution < -0.4 is 4.74 Å². The molecule has 1 aromatic carbocycles. The van der Waals surface area contributed by atoms with Gasteiger partial charge in [-0.15, -0.1) is 0 Å². The Bertz CT molecular complexity index is 1140. The van der Waals surface area contributed by atoms with Crippen molar-refractivity contribution >= 4 is 17.2 Å². The number of allylic oxidation sites excluding steroid dienone is 4. The summed E-state index contributed by atoms with van der Waals surface area (Å²) in [4.78, 5) is 6.79. The Morgan fingerprint density at radius 3 is 2.76 bits per heavy atom. The van der Waals surface area contributed by atoms with E-state index in [9.17, 15) is 10.2 Å². The van der Waals surface area contributed by atoms with E-state index >= 15 is 0 Å². The number of benzene rings is 1. The maximum Gasteiger partial charge on any atom is 0.227 e.